The summed E-state index contributed by atoms with van der Waals surface area (Å²) in [5.74, 6) is 0. The lowest BCUT2D eigenvalue weighted by atomic mass is 9.96. The number of nitrogens with one attached hydrogen (secondary N) is 2. The Morgan fingerprint density at radius 2 is 1.91 bits per heavy atom. The van der Waals surface area contributed by atoms with Crippen LogP contribution in [-0.4, -0.2) is 15.0 Å². The third-order valence-electron chi connectivity index (χ3n) is 4.01. The Kier molecular flexibility index (Phi) is 3.08. The maximum atomic E-state index is 4.36. The fourth-order valence-corrected chi connectivity index (χ4v) is 2.92. The number of rotatable bonds is 2. The summed E-state index contributed by atoms with van der Waals surface area (Å²) < 4.78 is 0. The van der Waals surface area contributed by atoms with Crippen molar-refractivity contribution in [2.45, 2.75) is 6.92 Å². The molecular weight excluding hydrogens is 284 g/mol. The highest BCUT2D eigenvalue weighted by molar-refractivity contribution is 5.97. The van der Waals surface area contributed by atoms with E-state index < -0.39 is 0 Å². The molecule has 4 rings (SSSR count). The molecule has 1 aliphatic rings. The number of aromatic nitrogens is 3. The first-order chi connectivity index (χ1) is 11.2. The van der Waals surface area contributed by atoms with E-state index in [1.165, 1.54) is 0 Å². The van der Waals surface area contributed by atoms with Gasteiger partial charge in [-0.3, -0.25) is 4.98 Å². The minimum Gasteiger partial charge on any atom is -0.355 e. The molecular formula is C19H16N4. The Balaban J connectivity index is 1.87. The summed E-state index contributed by atoms with van der Waals surface area (Å²) in [5, 5.41) is 4.46. The highest BCUT2D eigenvalue weighted by atomic mass is 14.9. The molecule has 0 aliphatic carbocycles. The van der Waals surface area contributed by atoms with Crippen LogP contribution in [0.4, 0.5) is 0 Å². The van der Waals surface area contributed by atoms with Crippen molar-refractivity contribution in [3.05, 3.63) is 84.1 Å². The molecule has 3 aromatic heterocycles. The van der Waals surface area contributed by atoms with E-state index in [4.69, 9.17) is 0 Å². The molecule has 0 amide bonds. The number of pyridine rings is 2. The van der Waals surface area contributed by atoms with Gasteiger partial charge < -0.3 is 10.3 Å². The van der Waals surface area contributed by atoms with Crippen molar-refractivity contribution in [2.75, 3.05) is 0 Å². The van der Waals surface area contributed by atoms with Gasteiger partial charge in [0.15, 0.2) is 0 Å². The lowest BCUT2D eigenvalue weighted by Crippen LogP contribution is -2.14. The predicted molar refractivity (Wildman–Crippen MR) is 93.3 cm³/mol. The van der Waals surface area contributed by atoms with Gasteiger partial charge in [0.05, 0.1) is 0 Å². The van der Waals surface area contributed by atoms with E-state index in [2.05, 4.69) is 52.0 Å². The third kappa shape index (κ3) is 2.34. The van der Waals surface area contributed by atoms with Crippen molar-refractivity contribution in [3.8, 4) is 0 Å². The van der Waals surface area contributed by atoms with Gasteiger partial charge in [0, 0.05) is 47.1 Å². The number of aromatic amines is 1. The molecule has 112 valence electrons. The number of dihydropyridines is 1. The van der Waals surface area contributed by atoms with Crippen LogP contribution >= 0.6 is 0 Å². The van der Waals surface area contributed by atoms with Crippen molar-refractivity contribution in [1.29, 1.82) is 0 Å². The first-order valence-corrected chi connectivity index (χ1v) is 7.45. The van der Waals surface area contributed by atoms with Crippen molar-refractivity contribution in [3.63, 3.8) is 0 Å². The van der Waals surface area contributed by atoms with E-state index in [0.717, 1.165) is 44.7 Å². The van der Waals surface area contributed by atoms with Crippen LogP contribution in [0.1, 0.15) is 16.7 Å². The highest BCUT2D eigenvalue weighted by Gasteiger charge is 2.14. The molecule has 4 heterocycles. The molecule has 0 saturated carbocycles. The molecule has 1 aliphatic heterocycles. The van der Waals surface area contributed by atoms with Gasteiger partial charge in [0.25, 0.3) is 0 Å². The molecule has 0 unspecified atom stereocenters. The third-order valence-corrected chi connectivity index (χ3v) is 4.01. The molecule has 23 heavy (non-hydrogen) atoms. The minimum absolute atomic E-state index is 0.870. The first kappa shape index (κ1) is 13.5. The molecule has 2 N–H and O–H groups in total. The Hall–Kier alpha value is -3.14. The molecule has 4 heteroatoms. The van der Waals surface area contributed by atoms with Crippen LogP contribution in [0, 0.1) is 6.92 Å². The molecule has 0 spiro atoms. The molecule has 3 aromatic rings. The minimum atomic E-state index is 0.870. The average molecular weight is 300 g/mol. The number of allylic oxidation sites excluding steroid dienone is 3. The van der Waals surface area contributed by atoms with Crippen molar-refractivity contribution >= 4 is 22.3 Å². The zero-order valence-corrected chi connectivity index (χ0v) is 12.8. The summed E-state index contributed by atoms with van der Waals surface area (Å²) >= 11 is 0. The number of fused-ring (bicyclic) bond motifs is 1. The molecule has 0 radical (unpaired) electrons. The second-order valence-corrected chi connectivity index (χ2v) is 5.60. The summed E-state index contributed by atoms with van der Waals surface area (Å²) in [6.07, 6.45) is 11.6. The van der Waals surface area contributed by atoms with Gasteiger partial charge in [-0.05, 0) is 54.0 Å². The maximum absolute atomic E-state index is 4.36. The van der Waals surface area contributed by atoms with E-state index in [1.54, 1.807) is 0 Å². The average Bonchev–Trinajstić information content (AvgIpc) is 3.03. The Bertz CT molecular complexity index is 976. The Labute approximate surface area is 134 Å². The van der Waals surface area contributed by atoms with Crippen LogP contribution in [0.5, 0.6) is 0 Å². The van der Waals surface area contributed by atoms with Gasteiger partial charge in [-0.15, -0.1) is 0 Å². The lowest BCUT2D eigenvalue weighted by Gasteiger charge is -2.20. The summed E-state index contributed by atoms with van der Waals surface area (Å²) in [7, 11) is 0. The fourth-order valence-electron chi connectivity index (χ4n) is 2.92. The van der Waals surface area contributed by atoms with Crippen LogP contribution in [-0.2, 0) is 0 Å². The van der Waals surface area contributed by atoms with E-state index >= 15 is 0 Å². The standard InChI is InChI=1S/C19H16N4/c1-12-11-20-6-3-15(12)18-10-14(9-13(2)23-18)16-4-7-21-19-17(16)5-8-22-19/h3-11,23H,2H2,1H3,(H,21,22). The van der Waals surface area contributed by atoms with Crippen LogP contribution in [0.3, 0.4) is 0 Å². The van der Waals surface area contributed by atoms with Crippen LogP contribution in [0.2, 0.25) is 0 Å². The number of hydrogen-bond donors (Lipinski definition) is 2. The van der Waals surface area contributed by atoms with Gasteiger partial charge in [0.2, 0.25) is 0 Å². The van der Waals surface area contributed by atoms with E-state index in [-0.39, 0.29) is 0 Å². The zero-order chi connectivity index (χ0) is 15.8. The molecule has 0 saturated heterocycles. The Morgan fingerprint density at radius 1 is 1.04 bits per heavy atom. The SMILES string of the molecule is C=C1C=C(c2ccnc3[nH]ccc23)C=C(c2ccncc2C)N1. The zero-order valence-electron chi connectivity index (χ0n) is 12.8. The molecule has 0 bridgehead atoms. The Morgan fingerprint density at radius 3 is 2.78 bits per heavy atom. The summed E-state index contributed by atoms with van der Waals surface area (Å²) in [4.78, 5) is 11.7. The molecule has 0 atom stereocenters. The fraction of sp³-hybridized carbons (Fsp3) is 0.0526. The predicted octanol–water partition coefficient (Wildman–Crippen LogP) is 3.81. The molecule has 0 aromatic carbocycles. The van der Waals surface area contributed by atoms with Gasteiger partial charge in [-0.25, -0.2) is 4.98 Å². The van der Waals surface area contributed by atoms with E-state index in [0.29, 0.717) is 0 Å². The van der Waals surface area contributed by atoms with Gasteiger partial charge in [-0.1, -0.05) is 6.58 Å². The lowest BCUT2D eigenvalue weighted by molar-refractivity contribution is 1.11. The van der Waals surface area contributed by atoms with Crippen molar-refractivity contribution in [1.82, 2.24) is 20.3 Å². The number of hydrogen-bond acceptors (Lipinski definition) is 3. The number of nitrogens with zero attached hydrogens (tertiary/aromatic N) is 2. The normalized spacial score (nSPS) is 14.4. The number of aryl methyl sites for hydroxylation is 1. The topological polar surface area (TPSA) is 53.6 Å². The van der Waals surface area contributed by atoms with Crippen molar-refractivity contribution in [2.24, 2.45) is 0 Å². The summed E-state index contributed by atoms with van der Waals surface area (Å²) in [6, 6.07) is 6.10. The van der Waals surface area contributed by atoms with E-state index in [1.807, 2.05) is 36.9 Å². The second-order valence-electron chi connectivity index (χ2n) is 5.60. The van der Waals surface area contributed by atoms with Crippen LogP contribution in [0.25, 0.3) is 22.3 Å². The van der Waals surface area contributed by atoms with Gasteiger partial charge in [-0.2, -0.15) is 0 Å². The second kappa shape index (κ2) is 5.25. The smallest absolute Gasteiger partial charge is 0.137 e. The quantitative estimate of drug-likeness (QED) is 0.756. The monoisotopic (exact) mass is 300 g/mol. The van der Waals surface area contributed by atoms with E-state index in [9.17, 15) is 0 Å². The first-order valence-electron chi connectivity index (χ1n) is 7.45. The van der Waals surface area contributed by atoms with Gasteiger partial charge >= 0.3 is 0 Å². The summed E-state index contributed by atoms with van der Waals surface area (Å²) in [5.41, 5.74) is 7.31. The molecule has 4 nitrogen and oxygen atoms in total. The van der Waals surface area contributed by atoms with Gasteiger partial charge in [0.1, 0.15) is 5.65 Å². The highest BCUT2D eigenvalue weighted by Crippen LogP contribution is 2.31. The number of H-pyrrole nitrogens is 1. The summed E-state index contributed by atoms with van der Waals surface area (Å²) in [6.45, 7) is 6.15. The molecule has 0 fully saturated rings. The van der Waals surface area contributed by atoms with Crippen LogP contribution < -0.4 is 5.32 Å². The van der Waals surface area contributed by atoms with Crippen LogP contribution in [0.15, 0.2) is 67.4 Å². The maximum Gasteiger partial charge on any atom is 0.137 e. The largest absolute Gasteiger partial charge is 0.355 e. The van der Waals surface area contributed by atoms with Crippen molar-refractivity contribution < 1.29 is 0 Å².